The third kappa shape index (κ3) is 4.01. The predicted octanol–water partition coefficient (Wildman–Crippen LogP) is 1.32. The molecule has 1 amide bonds. The van der Waals surface area contributed by atoms with Crippen LogP contribution >= 0.6 is 0 Å². The molecule has 8 heteroatoms. The first-order valence-electron chi connectivity index (χ1n) is 8.89. The number of aryl methyl sites for hydroxylation is 3. The zero-order chi connectivity index (χ0) is 20.5. The second-order valence-corrected chi connectivity index (χ2v) is 8.89. The average Bonchev–Trinajstić information content (AvgIpc) is 2.87. The van der Waals surface area contributed by atoms with E-state index in [1.807, 2.05) is 31.2 Å². The molecule has 0 aliphatic rings. The summed E-state index contributed by atoms with van der Waals surface area (Å²) in [7, 11) is -0.601. The summed E-state index contributed by atoms with van der Waals surface area (Å²) in [5, 5.41) is 2.66. The number of imidazole rings is 1. The summed E-state index contributed by atoms with van der Waals surface area (Å²) < 4.78 is 28.0. The number of hydrogen-bond acceptors (Lipinski definition) is 4. The van der Waals surface area contributed by atoms with Gasteiger partial charge in [0.25, 0.3) is 0 Å². The molecular formula is C20H23N3O4S. The van der Waals surface area contributed by atoms with Crippen LogP contribution < -0.4 is 11.0 Å². The van der Waals surface area contributed by atoms with Crippen molar-refractivity contribution in [3.05, 3.63) is 64.1 Å². The highest BCUT2D eigenvalue weighted by atomic mass is 32.2. The van der Waals surface area contributed by atoms with Gasteiger partial charge in [-0.2, -0.15) is 0 Å². The highest BCUT2D eigenvalue weighted by Crippen LogP contribution is 2.18. The number of fused-ring (bicyclic) bond motifs is 1. The molecule has 28 heavy (non-hydrogen) atoms. The molecule has 0 bridgehead atoms. The van der Waals surface area contributed by atoms with Crippen LogP contribution in [0.2, 0.25) is 0 Å². The maximum Gasteiger partial charge on any atom is 0.328 e. The van der Waals surface area contributed by atoms with E-state index in [1.54, 1.807) is 20.2 Å². The van der Waals surface area contributed by atoms with Gasteiger partial charge in [-0.15, -0.1) is 0 Å². The van der Waals surface area contributed by atoms with Crippen molar-refractivity contribution in [2.75, 3.05) is 12.3 Å². The average molecular weight is 401 g/mol. The van der Waals surface area contributed by atoms with Crippen LogP contribution in [-0.2, 0) is 35.1 Å². The summed E-state index contributed by atoms with van der Waals surface area (Å²) in [6, 6.07) is 12.4. The Kier molecular flexibility index (Phi) is 5.42. The maximum absolute atomic E-state index is 12.6. The van der Waals surface area contributed by atoms with E-state index < -0.39 is 21.5 Å². The van der Waals surface area contributed by atoms with Crippen LogP contribution in [0.5, 0.6) is 0 Å². The number of carbonyl (C=O) groups excluding carboxylic acids is 1. The van der Waals surface area contributed by atoms with Crippen molar-refractivity contribution in [2.45, 2.75) is 18.2 Å². The van der Waals surface area contributed by atoms with Gasteiger partial charge in [-0.05, 0) is 37.1 Å². The zero-order valence-corrected chi connectivity index (χ0v) is 16.9. The fourth-order valence-corrected chi connectivity index (χ4v) is 4.27. The molecule has 0 radical (unpaired) electrons. The predicted molar refractivity (Wildman–Crippen MR) is 108 cm³/mol. The Balaban J connectivity index is 1.68. The lowest BCUT2D eigenvalue weighted by atomic mass is 10.1. The van der Waals surface area contributed by atoms with Gasteiger partial charge in [0.1, 0.15) is 5.75 Å². The van der Waals surface area contributed by atoms with Gasteiger partial charge in [0.15, 0.2) is 9.84 Å². The first kappa shape index (κ1) is 19.9. The van der Waals surface area contributed by atoms with Crippen LogP contribution in [0.25, 0.3) is 11.0 Å². The molecule has 0 spiro atoms. The van der Waals surface area contributed by atoms with E-state index in [0.29, 0.717) is 24.0 Å². The number of rotatable bonds is 6. The van der Waals surface area contributed by atoms with Crippen molar-refractivity contribution in [2.24, 2.45) is 14.1 Å². The normalized spacial score (nSPS) is 11.7. The van der Waals surface area contributed by atoms with Gasteiger partial charge >= 0.3 is 5.69 Å². The first-order valence-corrected chi connectivity index (χ1v) is 10.5. The molecule has 0 fully saturated rings. The van der Waals surface area contributed by atoms with Crippen molar-refractivity contribution < 1.29 is 13.2 Å². The second-order valence-electron chi connectivity index (χ2n) is 6.90. The van der Waals surface area contributed by atoms with Gasteiger partial charge in [0.05, 0.1) is 15.9 Å². The van der Waals surface area contributed by atoms with E-state index in [9.17, 15) is 18.0 Å². The van der Waals surface area contributed by atoms with Gasteiger partial charge in [-0.3, -0.25) is 13.9 Å². The number of sulfone groups is 1. The lowest BCUT2D eigenvalue weighted by Crippen LogP contribution is -2.31. The molecule has 0 aliphatic carbocycles. The maximum atomic E-state index is 12.6. The minimum atomic E-state index is -3.81. The number of amides is 1. The number of hydrogen-bond donors (Lipinski definition) is 1. The Morgan fingerprint density at radius 3 is 2.32 bits per heavy atom. The van der Waals surface area contributed by atoms with Gasteiger partial charge in [0, 0.05) is 20.6 Å². The van der Waals surface area contributed by atoms with Crippen molar-refractivity contribution in [3.63, 3.8) is 0 Å². The minimum Gasteiger partial charge on any atom is -0.355 e. The fraction of sp³-hybridized carbons (Fsp3) is 0.300. The third-order valence-electron chi connectivity index (χ3n) is 4.78. The van der Waals surface area contributed by atoms with E-state index in [4.69, 9.17) is 0 Å². The number of benzene rings is 2. The molecule has 3 aromatic rings. The number of aromatic nitrogens is 2. The fourth-order valence-electron chi connectivity index (χ4n) is 3.09. The Morgan fingerprint density at radius 1 is 1.00 bits per heavy atom. The van der Waals surface area contributed by atoms with E-state index in [2.05, 4.69) is 5.32 Å². The lowest BCUT2D eigenvalue weighted by Gasteiger charge is -2.08. The molecule has 0 saturated carbocycles. The van der Waals surface area contributed by atoms with Gasteiger partial charge in [-0.25, -0.2) is 13.2 Å². The molecule has 0 aliphatic heterocycles. The molecule has 1 heterocycles. The van der Waals surface area contributed by atoms with Crippen molar-refractivity contribution in [1.29, 1.82) is 0 Å². The summed E-state index contributed by atoms with van der Waals surface area (Å²) in [4.78, 5) is 24.1. The number of nitrogens with one attached hydrogen (secondary N) is 1. The van der Waals surface area contributed by atoms with E-state index >= 15 is 0 Å². The summed E-state index contributed by atoms with van der Waals surface area (Å²) in [5.74, 6) is -1.18. The molecule has 3 rings (SSSR count). The van der Waals surface area contributed by atoms with Crippen LogP contribution in [0.4, 0.5) is 0 Å². The Bertz CT molecular complexity index is 1190. The molecular weight excluding hydrogens is 378 g/mol. The number of nitrogens with zero attached hydrogens (tertiary/aromatic N) is 2. The molecule has 2 aromatic carbocycles. The third-order valence-corrected chi connectivity index (χ3v) is 6.39. The number of carbonyl (C=O) groups is 1. The zero-order valence-electron chi connectivity index (χ0n) is 16.1. The highest BCUT2D eigenvalue weighted by molar-refractivity contribution is 7.92. The van der Waals surface area contributed by atoms with Crippen molar-refractivity contribution >= 4 is 26.8 Å². The van der Waals surface area contributed by atoms with Crippen LogP contribution in [0.15, 0.2) is 52.2 Å². The highest BCUT2D eigenvalue weighted by Gasteiger charge is 2.21. The molecule has 148 valence electrons. The van der Waals surface area contributed by atoms with Gasteiger partial charge < -0.3 is 5.32 Å². The second kappa shape index (κ2) is 7.63. The summed E-state index contributed by atoms with van der Waals surface area (Å²) in [6.45, 7) is 2.37. The van der Waals surface area contributed by atoms with E-state index in [-0.39, 0.29) is 10.6 Å². The minimum absolute atomic E-state index is 0.0230. The molecule has 1 N–H and O–H groups in total. The quantitative estimate of drug-likeness (QED) is 0.675. The monoisotopic (exact) mass is 401 g/mol. The van der Waals surface area contributed by atoms with Crippen LogP contribution in [0.1, 0.15) is 11.1 Å². The molecule has 0 saturated heterocycles. The largest absolute Gasteiger partial charge is 0.355 e. The van der Waals surface area contributed by atoms with Crippen LogP contribution in [0, 0.1) is 6.92 Å². The lowest BCUT2D eigenvalue weighted by molar-refractivity contribution is -0.118. The SMILES string of the molecule is Cc1ccc(CCNC(=O)CS(=O)(=O)c2ccc3c(c2)n(C)c(=O)n3C)cc1. The van der Waals surface area contributed by atoms with Crippen molar-refractivity contribution in [1.82, 2.24) is 14.5 Å². The molecule has 0 unspecified atom stereocenters. The smallest absolute Gasteiger partial charge is 0.328 e. The van der Waals surface area contributed by atoms with Crippen LogP contribution in [0.3, 0.4) is 0 Å². The van der Waals surface area contributed by atoms with E-state index in [1.165, 1.54) is 21.3 Å². The van der Waals surface area contributed by atoms with Gasteiger partial charge in [-0.1, -0.05) is 29.8 Å². The van der Waals surface area contributed by atoms with Gasteiger partial charge in [0.2, 0.25) is 5.91 Å². The standard InChI is InChI=1S/C20H23N3O4S/c1-14-4-6-15(7-5-14)10-11-21-19(24)13-28(26,27)16-8-9-17-18(12-16)23(3)20(25)22(17)2/h4-9,12H,10-11,13H2,1-3H3,(H,21,24). The molecule has 7 nitrogen and oxygen atoms in total. The van der Waals surface area contributed by atoms with E-state index in [0.717, 1.165) is 11.1 Å². The van der Waals surface area contributed by atoms with Crippen molar-refractivity contribution in [3.8, 4) is 0 Å². The Morgan fingerprint density at radius 2 is 1.64 bits per heavy atom. The van der Waals surface area contributed by atoms with Crippen LogP contribution in [-0.4, -0.2) is 35.8 Å². The summed E-state index contributed by atoms with van der Waals surface area (Å²) in [6.07, 6.45) is 0.629. The Hall–Kier alpha value is -2.87. The first-order chi connectivity index (χ1) is 13.2. The molecule has 1 aromatic heterocycles. The topological polar surface area (TPSA) is 90.2 Å². The Labute approximate surface area is 163 Å². The summed E-state index contributed by atoms with van der Waals surface area (Å²) in [5.41, 5.74) is 3.14. The summed E-state index contributed by atoms with van der Waals surface area (Å²) >= 11 is 0. The molecule has 0 atom stereocenters.